The highest BCUT2D eigenvalue weighted by molar-refractivity contribution is 5.81. The molecule has 0 saturated carbocycles. The zero-order valence-electron chi connectivity index (χ0n) is 14.5. The highest BCUT2D eigenvalue weighted by atomic mass is 16.5. The summed E-state index contributed by atoms with van der Waals surface area (Å²) in [7, 11) is 0. The van der Waals surface area contributed by atoms with E-state index >= 15 is 0 Å². The molecule has 0 radical (unpaired) electrons. The van der Waals surface area contributed by atoms with Crippen molar-refractivity contribution in [2.45, 2.75) is 44.1 Å². The van der Waals surface area contributed by atoms with Gasteiger partial charge in [-0.1, -0.05) is 24.3 Å². The Labute approximate surface area is 144 Å². The van der Waals surface area contributed by atoms with Crippen LogP contribution in [0.5, 0.6) is 0 Å². The minimum atomic E-state index is -0.165. The molecule has 2 fully saturated rings. The molecule has 24 heavy (non-hydrogen) atoms. The first-order chi connectivity index (χ1) is 11.8. The van der Waals surface area contributed by atoms with E-state index in [1.165, 1.54) is 19.3 Å². The topological polar surface area (TPSA) is 32.8 Å². The first-order valence-corrected chi connectivity index (χ1v) is 9.52. The molecule has 4 rings (SSSR count). The Morgan fingerprint density at radius 1 is 1.08 bits per heavy atom. The van der Waals surface area contributed by atoms with Crippen LogP contribution in [0.4, 0.5) is 0 Å². The number of hydrogen-bond donors (Lipinski definition) is 0. The molecule has 0 bridgehead atoms. The monoisotopic (exact) mass is 328 g/mol. The molecule has 4 nitrogen and oxygen atoms in total. The summed E-state index contributed by atoms with van der Waals surface area (Å²) in [5.41, 5.74) is 3.10. The summed E-state index contributed by atoms with van der Waals surface area (Å²) >= 11 is 0. The van der Waals surface area contributed by atoms with Crippen LogP contribution in [0, 0.1) is 0 Å². The zero-order chi connectivity index (χ0) is 16.4. The lowest BCUT2D eigenvalue weighted by Crippen LogP contribution is -2.52. The Hall–Kier alpha value is -1.39. The van der Waals surface area contributed by atoms with E-state index in [-0.39, 0.29) is 12.0 Å². The maximum Gasteiger partial charge on any atom is 0.251 e. The average Bonchev–Trinajstić information content (AvgIpc) is 3.17. The van der Waals surface area contributed by atoms with Crippen molar-refractivity contribution in [3.63, 3.8) is 0 Å². The zero-order valence-corrected chi connectivity index (χ0v) is 14.5. The van der Waals surface area contributed by atoms with Gasteiger partial charge in [-0.2, -0.15) is 0 Å². The van der Waals surface area contributed by atoms with Crippen molar-refractivity contribution in [2.24, 2.45) is 0 Å². The Morgan fingerprint density at radius 2 is 1.92 bits per heavy atom. The third-order valence-corrected chi connectivity index (χ3v) is 5.86. The fraction of sp³-hybridized carbons (Fsp3) is 0.650. The fourth-order valence-corrected chi connectivity index (χ4v) is 4.48. The SMILES string of the molecule is O=C([C@@H]1CCCO1)N1CCN(C[C@@H]2CCCc3ccccc32)CC1. The van der Waals surface area contributed by atoms with Gasteiger partial charge in [0.1, 0.15) is 6.10 Å². The van der Waals surface area contributed by atoms with Crippen LogP contribution in [0.15, 0.2) is 24.3 Å². The molecular weight excluding hydrogens is 300 g/mol. The number of carbonyl (C=O) groups excluding carboxylic acids is 1. The summed E-state index contributed by atoms with van der Waals surface area (Å²) in [5.74, 6) is 0.880. The molecule has 1 amide bonds. The van der Waals surface area contributed by atoms with Gasteiger partial charge in [0.25, 0.3) is 5.91 Å². The molecule has 0 unspecified atom stereocenters. The number of hydrogen-bond acceptors (Lipinski definition) is 3. The highest BCUT2D eigenvalue weighted by Gasteiger charge is 2.31. The Morgan fingerprint density at radius 3 is 2.71 bits per heavy atom. The summed E-state index contributed by atoms with van der Waals surface area (Å²) in [6.45, 7) is 5.59. The Bertz CT molecular complexity index is 575. The van der Waals surface area contributed by atoms with Crippen molar-refractivity contribution >= 4 is 5.91 Å². The van der Waals surface area contributed by atoms with Gasteiger partial charge in [-0.05, 0) is 49.1 Å². The smallest absolute Gasteiger partial charge is 0.251 e. The number of rotatable bonds is 3. The molecule has 130 valence electrons. The van der Waals surface area contributed by atoms with Gasteiger partial charge in [-0.3, -0.25) is 9.69 Å². The van der Waals surface area contributed by atoms with E-state index in [9.17, 15) is 4.79 Å². The predicted molar refractivity (Wildman–Crippen MR) is 94.1 cm³/mol. The van der Waals surface area contributed by atoms with E-state index in [4.69, 9.17) is 4.74 Å². The van der Waals surface area contributed by atoms with Gasteiger partial charge in [0.2, 0.25) is 0 Å². The van der Waals surface area contributed by atoms with Gasteiger partial charge in [0.05, 0.1) is 0 Å². The number of benzene rings is 1. The van der Waals surface area contributed by atoms with Gasteiger partial charge >= 0.3 is 0 Å². The lowest BCUT2D eigenvalue weighted by atomic mass is 9.82. The van der Waals surface area contributed by atoms with E-state index < -0.39 is 0 Å². The molecule has 2 atom stereocenters. The van der Waals surface area contributed by atoms with E-state index in [0.717, 1.165) is 52.2 Å². The predicted octanol–water partition coefficient (Wildman–Crippen LogP) is 2.43. The maximum absolute atomic E-state index is 12.4. The number of ether oxygens (including phenoxy) is 1. The van der Waals surface area contributed by atoms with Crippen LogP contribution >= 0.6 is 0 Å². The second kappa shape index (κ2) is 7.24. The largest absolute Gasteiger partial charge is 0.368 e. The van der Waals surface area contributed by atoms with Crippen molar-refractivity contribution in [2.75, 3.05) is 39.3 Å². The van der Waals surface area contributed by atoms with Gasteiger partial charge in [0, 0.05) is 39.3 Å². The van der Waals surface area contributed by atoms with Crippen molar-refractivity contribution in [1.82, 2.24) is 9.80 Å². The van der Waals surface area contributed by atoms with E-state index in [1.54, 1.807) is 11.1 Å². The molecule has 1 aromatic rings. The molecule has 2 aliphatic heterocycles. The van der Waals surface area contributed by atoms with Crippen molar-refractivity contribution in [3.8, 4) is 0 Å². The van der Waals surface area contributed by atoms with Crippen molar-refractivity contribution < 1.29 is 9.53 Å². The number of nitrogens with zero attached hydrogens (tertiary/aromatic N) is 2. The quantitative estimate of drug-likeness (QED) is 0.854. The van der Waals surface area contributed by atoms with Crippen LogP contribution < -0.4 is 0 Å². The van der Waals surface area contributed by atoms with E-state index in [0.29, 0.717) is 5.92 Å². The molecule has 1 aliphatic carbocycles. The third kappa shape index (κ3) is 3.35. The number of fused-ring (bicyclic) bond motifs is 1. The lowest BCUT2D eigenvalue weighted by molar-refractivity contribution is -0.142. The molecule has 0 aromatic heterocycles. The molecule has 0 N–H and O–H groups in total. The second-order valence-corrected chi connectivity index (χ2v) is 7.42. The van der Waals surface area contributed by atoms with Gasteiger partial charge in [0.15, 0.2) is 0 Å². The average molecular weight is 328 g/mol. The van der Waals surface area contributed by atoms with Crippen LogP contribution in [0.1, 0.15) is 42.7 Å². The number of carbonyl (C=O) groups is 1. The molecular formula is C20H28N2O2. The van der Waals surface area contributed by atoms with Crippen LogP contribution in [-0.2, 0) is 16.0 Å². The van der Waals surface area contributed by atoms with Crippen molar-refractivity contribution in [3.05, 3.63) is 35.4 Å². The van der Waals surface area contributed by atoms with Crippen LogP contribution in [0.3, 0.4) is 0 Å². The molecule has 1 aromatic carbocycles. The summed E-state index contributed by atoms with van der Waals surface area (Å²) in [5, 5.41) is 0. The van der Waals surface area contributed by atoms with Gasteiger partial charge in [-0.15, -0.1) is 0 Å². The van der Waals surface area contributed by atoms with Crippen LogP contribution in [0.2, 0.25) is 0 Å². The molecule has 2 saturated heterocycles. The second-order valence-electron chi connectivity index (χ2n) is 7.42. The standard InChI is InChI=1S/C20H28N2O2/c23-20(19-9-4-14-24-19)22-12-10-21(11-13-22)15-17-7-3-6-16-5-1-2-8-18(16)17/h1-2,5,8,17,19H,3-4,6-7,9-15H2/t17-,19-/m0/s1. The van der Waals surface area contributed by atoms with E-state index in [1.807, 2.05) is 4.90 Å². The number of amides is 1. The third-order valence-electron chi connectivity index (χ3n) is 5.86. The summed E-state index contributed by atoms with van der Waals surface area (Å²) in [4.78, 5) is 17.0. The molecule has 2 heterocycles. The number of aryl methyl sites for hydroxylation is 1. The number of piperazine rings is 1. The fourth-order valence-electron chi connectivity index (χ4n) is 4.48. The minimum absolute atomic E-state index is 0.165. The first-order valence-electron chi connectivity index (χ1n) is 9.52. The van der Waals surface area contributed by atoms with Crippen molar-refractivity contribution in [1.29, 1.82) is 0 Å². The Balaban J connectivity index is 1.31. The normalized spacial score (nSPS) is 27.9. The Kier molecular flexibility index (Phi) is 4.86. The first kappa shape index (κ1) is 16.1. The molecule has 0 spiro atoms. The maximum atomic E-state index is 12.4. The summed E-state index contributed by atoms with van der Waals surface area (Å²) in [6.07, 6.45) is 5.60. The molecule has 4 heteroatoms. The van der Waals surface area contributed by atoms with Crippen LogP contribution in [-0.4, -0.2) is 61.1 Å². The lowest BCUT2D eigenvalue weighted by Gasteiger charge is -2.38. The van der Waals surface area contributed by atoms with Gasteiger partial charge < -0.3 is 9.64 Å². The van der Waals surface area contributed by atoms with E-state index in [2.05, 4.69) is 29.2 Å². The van der Waals surface area contributed by atoms with Crippen LogP contribution in [0.25, 0.3) is 0 Å². The van der Waals surface area contributed by atoms with Gasteiger partial charge in [-0.25, -0.2) is 0 Å². The summed E-state index contributed by atoms with van der Waals surface area (Å²) in [6, 6.07) is 8.95. The molecule has 3 aliphatic rings. The minimum Gasteiger partial charge on any atom is -0.368 e. The highest BCUT2D eigenvalue weighted by Crippen LogP contribution is 2.32. The summed E-state index contributed by atoms with van der Waals surface area (Å²) < 4.78 is 5.55.